The molecule has 3 nitrogen and oxygen atoms in total. The molecule has 27 heavy (non-hydrogen) atoms. The number of esters is 1. The van der Waals surface area contributed by atoms with Crippen LogP contribution in [-0.2, 0) is 15.1 Å². The third kappa shape index (κ3) is 3.75. The van der Waals surface area contributed by atoms with Crippen LogP contribution in [0.1, 0.15) is 29.2 Å². The molecule has 0 aromatic heterocycles. The highest BCUT2D eigenvalue weighted by Gasteiger charge is 2.42. The molecule has 0 spiro atoms. The maximum Gasteiger partial charge on any atom is 0.324 e. The van der Waals surface area contributed by atoms with Crippen LogP contribution in [0.25, 0.3) is 0 Å². The van der Waals surface area contributed by atoms with E-state index in [4.69, 9.17) is 22.1 Å². The second kappa shape index (κ2) is 7.95. The van der Waals surface area contributed by atoms with Crippen molar-refractivity contribution < 1.29 is 9.53 Å². The highest BCUT2D eigenvalue weighted by molar-refractivity contribution is 6.31. The van der Waals surface area contributed by atoms with Gasteiger partial charge < -0.3 is 10.5 Å². The summed E-state index contributed by atoms with van der Waals surface area (Å²) in [7, 11) is 0. The van der Waals surface area contributed by atoms with Crippen LogP contribution in [0.4, 0.5) is 0 Å². The van der Waals surface area contributed by atoms with E-state index < -0.39 is 17.6 Å². The van der Waals surface area contributed by atoms with Gasteiger partial charge in [-0.05, 0) is 19.9 Å². The molecule has 0 bridgehead atoms. The van der Waals surface area contributed by atoms with Crippen LogP contribution in [0.15, 0.2) is 78.9 Å². The Morgan fingerprint density at radius 2 is 1.48 bits per heavy atom. The zero-order valence-electron chi connectivity index (χ0n) is 15.4. The smallest absolute Gasteiger partial charge is 0.324 e. The summed E-state index contributed by atoms with van der Waals surface area (Å²) in [5.41, 5.74) is 8.04. The molecule has 0 amide bonds. The van der Waals surface area contributed by atoms with E-state index in [0.29, 0.717) is 10.6 Å². The van der Waals surface area contributed by atoms with Gasteiger partial charge in [0.2, 0.25) is 0 Å². The molecule has 0 heterocycles. The van der Waals surface area contributed by atoms with Crippen molar-refractivity contribution in [2.75, 3.05) is 0 Å². The van der Waals surface area contributed by atoms with Gasteiger partial charge in [-0.3, -0.25) is 4.79 Å². The molecule has 4 heteroatoms. The normalized spacial score (nSPS) is 14.2. The van der Waals surface area contributed by atoms with Crippen molar-refractivity contribution in [3.63, 3.8) is 0 Å². The van der Waals surface area contributed by atoms with Crippen LogP contribution < -0.4 is 5.73 Å². The summed E-state index contributed by atoms with van der Waals surface area (Å²) in [5, 5.41) is 0.513. The van der Waals surface area contributed by atoms with Crippen LogP contribution >= 0.6 is 11.6 Å². The van der Waals surface area contributed by atoms with Crippen molar-refractivity contribution in [2.45, 2.75) is 25.5 Å². The van der Waals surface area contributed by atoms with E-state index in [9.17, 15) is 4.79 Å². The third-order valence-electron chi connectivity index (χ3n) is 4.52. The number of hydrogen-bond donors (Lipinski definition) is 1. The summed E-state index contributed by atoms with van der Waals surface area (Å²) in [6.45, 7) is 3.62. The monoisotopic (exact) mass is 379 g/mol. The van der Waals surface area contributed by atoms with Gasteiger partial charge in [-0.15, -0.1) is 0 Å². The lowest BCUT2D eigenvalue weighted by atomic mass is 9.79. The van der Waals surface area contributed by atoms with Gasteiger partial charge in [-0.2, -0.15) is 0 Å². The minimum absolute atomic E-state index is 0.501. The van der Waals surface area contributed by atoms with Crippen LogP contribution in [0.3, 0.4) is 0 Å². The Morgan fingerprint density at radius 1 is 0.926 bits per heavy atom. The van der Waals surface area contributed by atoms with Gasteiger partial charge in [0.25, 0.3) is 0 Å². The average Bonchev–Trinajstić information content (AvgIpc) is 2.68. The zero-order chi connectivity index (χ0) is 19.4. The molecule has 3 aromatic carbocycles. The summed E-state index contributed by atoms with van der Waals surface area (Å²) in [6.07, 6.45) is 0. The quantitative estimate of drug-likeness (QED) is 0.510. The lowest BCUT2D eigenvalue weighted by Crippen LogP contribution is -2.40. The standard InChI is InChI=1S/C23H22ClNO2/c1-16-12-14-19(15-13-16)23(27-22(26)17(2)25,18-8-4-3-5-9-18)20-10-6-7-11-21(20)24/h3-15,17H,25H2,1-2H3/t17-,23?/m1/s1. The van der Waals surface area contributed by atoms with Crippen molar-refractivity contribution in [1.29, 1.82) is 0 Å². The number of halogens is 1. The number of hydrogen-bond acceptors (Lipinski definition) is 3. The molecular formula is C23H22ClNO2. The molecular weight excluding hydrogens is 358 g/mol. The highest BCUT2D eigenvalue weighted by Crippen LogP contribution is 2.43. The first-order valence-electron chi connectivity index (χ1n) is 8.81. The largest absolute Gasteiger partial charge is 0.443 e. The van der Waals surface area contributed by atoms with Crippen molar-refractivity contribution in [3.05, 3.63) is 106 Å². The minimum atomic E-state index is -1.20. The fourth-order valence-corrected chi connectivity index (χ4v) is 3.37. The van der Waals surface area contributed by atoms with E-state index >= 15 is 0 Å². The van der Waals surface area contributed by atoms with E-state index in [1.807, 2.05) is 79.7 Å². The summed E-state index contributed by atoms with van der Waals surface area (Å²) >= 11 is 6.58. The third-order valence-corrected chi connectivity index (χ3v) is 4.85. The first kappa shape index (κ1) is 19.2. The van der Waals surface area contributed by atoms with Gasteiger partial charge in [0.15, 0.2) is 5.60 Å². The maximum atomic E-state index is 12.7. The van der Waals surface area contributed by atoms with Gasteiger partial charge in [0, 0.05) is 21.7 Å². The zero-order valence-corrected chi connectivity index (χ0v) is 16.1. The Bertz CT molecular complexity index is 923. The van der Waals surface area contributed by atoms with E-state index in [1.54, 1.807) is 13.0 Å². The lowest BCUT2D eigenvalue weighted by Gasteiger charge is -2.36. The first-order valence-corrected chi connectivity index (χ1v) is 9.19. The minimum Gasteiger partial charge on any atom is -0.443 e. The Hall–Kier alpha value is -2.62. The molecule has 0 fully saturated rings. The van der Waals surface area contributed by atoms with E-state index in [2.05, 4.69) is 0 Å². The molecule has 2 atom stereocenters. The summed E-state index contributed by atoms with van der Waals surface area (Å²) in [4.78, 5) is 12.7. The number of ether oxygens (including phenoxy) is 1. The van der Waals surface area contributed by atoms with E-state index in [1.165, 1.54) is 0 Å². The Kier molecular flexibility index (Phi) is 5.64. The first-order chi connectivity index (χ1) is 12.9. The van der Waals surface area contributed by atoms with Crippen LogP contribution in [0.2, 0.25) is 5.02 Å². The van der Waals surface area contributed by atoms with Crippen molar-refractivity contribution in [3.8, 4) is 0 Å². The highest BCUT2D eigenvalue weighted by atomic mass is 35.5. The van der Waals surface area contributed by atoms with E-state index in [-0.39, 0.29) is 0 Å². The predicted molar refractivity (Wildman–Crippen MR) is 109 cm³/mol. The van der Waals surface area contributed by atoms with Crippen molar-refractivity contribution in [1.82, 2.24) is 0 Å². The number of aryl methyl sites for hydroxylation is 1. The fourth-order valence-electron chi connectivity index (χ4n) is 3.10. The maximum absolute atomic E-state index is 12.7. The Labute approximate surface area is 164 Å². The Morgan fingerprint density at radius 3 is 2.07 bits per heavy atom. The van der Waals surface area contributed by atoms with Crippen molar-refractivity contribution in [2.24, 2.45) is 5.73 Å². The molecule has 0 aliphatic heterocycles. The second-order valence-electron chi connectivity index (χ2n) is 6.60. The predicted octanol–water partition coefficient (Wildman–Crippen LogP) is 4.83. The second-order valence-corrected chi connectivity index (χ2v) is 7.01. The number of carbonyl (C=O) groups excluding carboxylic acids is 1. The Balaban J connectivity index is 2.36. The lowest BCUT2D eigenvalue weighted by molar-refractivity contribution is -0.154. The number of carbonyl (C=O) groups is 1. The SMILES string of the molecule is Cc1ccc(C(OC(=O)[C@@H](C)N)(c2ccccc2)c2ccccc2Cl)cc1. The fraction of sp³-hybridized carbons (Fsp3) is 0.174. The molecule has 0 aliphatic rings. The number of benzene rings is 3. The molecule has 3 rings (SSSR count). The molecule has 0 aliphatic carbocycles. The molecule has 138 valence electrons. The topological polar surface area (TPSA) is 52.3 Å². The summed E-state index contributed by atoms with van der Waals surface area (Å²) in [6, 6.07) is 24.1. The number of rotatable bonds is 5. The average molecular weight is 380 g/mol. The molecule has 1 unspecified atom stereocenters. The van der Waals surface area contributed by atoms with E-state index in [0.717, 1.165) is 16.7 Å². The summed E-state index contributed by atoms with van der Waals surface area (Å²) in [5.74, 6) is -0.501. The van der Waals surface area contributed by atoms with Gasteiger partial charge in [-0.1, -0.05) is 90.0 Å². The summed E-state index contributed by atoms with van der Waals surface area (Å²) < 4.78 is 6.13. The van der Waals surface area contributed by atoms with Gasteiger partial charge >= 0.3 is 5.97 Å². The van der Waals surface area contributed by atoms with Crippen molar-refractivity contribution >= 4 is 17.6 Å². The molecule has 2 N–H and O–H groups in total. The van der Waals surface area contributed by atoms with Crippen LogP contribution in [0.5, 0.6) is 0 Å². The van der Waals surface area contributed by atoms with Crippen LogP contribution in [-0.4, -0.2) is 12.0 Å². The van der Waals surface area contributed by atoms with Crippen LogP contribution in [0, 0.1) is 6.92 Å². The molecule has 0 saturated heterocycles. The van der Waals surface area contributed by atoms with Gasteiger partial charge in [0.05, 0.1) is 0 Å². The molecule has 0 saturated carbocycles. The molecule has 0 radical (unpaired) electrons. The van der Waals surface area contributed by atoms with Gasteiger partial charge in [0.1, 0.15) is 6.04 Å². The molecule has 3 aromatic rings. The van der Waals surface area contributed by atoms with Gasteiger partial charge in [-0.25, -0.2) is 0 Å². The number of nitrogens with two attached hydrogens (primary N) is 1.